The van der Waals surface area contributed by atoms with Crippen molar-refractivity contribution in [3.8, 4) is 0 Å². The number of ether oxygens (including phenoxy) is 2. The van der Waals surface area contributed by atoms with Crippen LogP contribution in [0.25, 0.3) is 0 Å². The molecule has 0 amide bonds. The van der Waals surface area contributed by atoms with Gasteiger partial charge in [-0.1, -0.05) is 13.8 Å². The highest BCUT2D eigenvalue weighted by molar-refractivity contribution is 4.52. The minimum Gasteiger partial charge on any atom is -0.356 e. The van der Waals surface area contributed by atoms with Crippen molar-refractivity contribution in [2.75, 3.05) is 13.7 Å². The van der Waals surface area contributed by atoms with Gasteiger partial charge >= 0.3 is 0 Å². The molecule has 1 saturated heterocycles. The third-order valence-corrected chi connectivity index (χ3v) is 1.40. The molecular formula is C8H18O2. The Bertz CT molecular complexity index is 58.3. The van der Waals surface area contributed by atoms with Crippen LogP contribution in [0.4, 0.5) is 0 Å². The van der Waals surface area contributed by atoms with E-state index in [1.54, 1.807) is 7.11 Å². The smallest absolute Gasteiger partial charge is 0.157 e. The SMILES string of the molecule is CC.COC1CCCCO1. The fourth-order valence-electron chi connectivity index (χ4n) is 0.897. The lowest BCUT2D eigenvalue weighted by atomic mass is 10.2. The van der Waals surface area contributed by atoms with Gasteiger partial charge < -0.3 is 9.47 Å². The molecule has 0 saturated carbocycles. The first-order valence-corrected chi connectivity index (χ1v) is 4.08. The molecule has 1 atom stereocenters. The van der Waals surface area contributed by atoms with Gasteiger partial charge in [-0.15, -0.1) is 0 Å². The summed E-state index contributed by atoms with van der Waals surface area (Å²) in [6.45, 7) is 4.87. The molecule has 0 aromatic carbocycles. The molecule has 1 aliphatic heterocycles. The van der Waals surface area contributed by atoms with Crippen molar-refractivity contribution < 1.29 is 9.47 Å². The van der Waals surface area contributed by atoms with Crippen LogP contribution < -0.4 is 0 Å². The molecule has 0 aromatic rings. The molecule has 2 heteroatoms. The first kappa shape index (κ1) is 9.92. The van der Waals surface area contributed by atoms with E-state index in [0.29, 0.717) is 0 Å². The molecule has 0 spiro atoms. The number of hydrogen-bond acceptors (Lipinski definition) is 2. The van der Waals surface area contributed by atoms with Gasteiger partial charge in [-0.2, -0.15) is 0 Å². The van der Waals surface area contributed by atoms with E-state index >= 15 is 0 Å². The summed E-state index contributed by atoms with van der Waals surface area (Å²) < 4.78 is 10.2. The molecule has 0 radical (unpaired) electrons. The van der Waals surface area contributed by atoms with E-state index < -0.39 is 0 Å². The van der Waals surface area contributed by atoms with Crippen LogP contribution in [0.1, 0.15) is 33.1 Å². The number of rotatable bonds is 1. The normalized spacial score (nSPS) is 24.9. The van der Waals surface area contributed by atoms with Gasteiger partial charge in [0.2, 0.25) is 0 Å². The third-order valence-electron chi connectivity index (χ3n) is 1.40. The lowest BCUT2D eigenvalue weighted by Crippen LogP contribution is -2.20. The van der Waals surface area contributed by atoms with Crippen molar-refractivity contribution >= 4 is 0 Å². The Hall–Kier alpha value is -0.0800. The maximum absolute atomic E-state index is 5.20. The van der Waals surface area contributed by atoms with Gasteiger partial charge in [0, 0.05) is 13.7 Å². The summed E-state index contributed by atoms with van der Waals surface area (Å²) in [5, 5.41) is 0. The highest BCUT2D eigenvalue weighted by Gasteiger charge is 2.10. The highest BCUT2D eigenvalue weighted by Crippen LogP contribution is 2.11. The van der Waals surface area contributed by atoms with Crippen LogP contribution in [-0.2, 0) is 9.47 Å². The maximum Gasteiger partial charge on any atom is 0.157 e. The zero-order valence-electron chi connectivity index (χ0n) is 7.22. The van der Waals surface area contributed by atoms with Gasteiger partial charge in [0.15, 0.2) is 6.29 Å². The van der Waals surface area contributed by atoms with Crippen molar-refractivity contribution in [2.24, 2.45) is 0 Å². The number of hydrogen-bond donors (Lipinski definition) is 0. The van der Waals surface area contributed by atoms with E-state index in [1.165, 1.54) is 12.8 Å². The fourth-order valence-corrected chi connectivity index (χ4v) is 0.897. The summed E-state index contributed by atoms with van der Waals surface area (Å²) in [4.78, 5) is 0. The summed E-state index contributed by atoms with van der Waals surface area (Å²) in [7, 11) is 1.69. The highest BCUT2D eigenvalue weighted by atomic mass is 16.7. The molecule has 1 fully saturated rings. The van der Waals surface area contributed by atoms with Crippen molar-refractivity contribution in [2.45, 2.75) is 39.4 Å². The van der Waals surface area contributed by atoms with Crippen LogP contribution >= 0.6 is 0 Å². The van der Waals surface area contributed by atoms with E-state index in [9.17, 15) is 0 Å². The minimum absolute atomic E-state index is 0.0868. The number of methoxy groups -OCH3 is 1. The average Bonchev–Trinajstić information content (AvgIpc) is 2.10. The molecule has 0 aromatic heterocycles. The molecule has 0 N–H and O–H groups in total. The van der Waals surface area contributed by atoms with Crippen LogP contribution in [0.15, 0.2) is 0 Å². The Kier molecular flexibility index (Phi) is 6.98. The Morgan fingerprint density at radius 1 is 1.30 bits per heavy atom. The summed E-state index contributed by atoms with van der Waals surface area (Å²) >= 11 is 0. The molecule has 62 valence electrons. The average molecular weight is 146 g/mol. The summed E-state index contributed by atoms with van der Waals surface area (Å²) in [6.07, 6.45) is 3.60. The van der Waals surface area contributed by atoms with Crippen LogP contribution in [0, 0.1) is 0 Å². The first-order chi connectivity index (χ1) is 4.93. The van der Waals surface area contributed by atoms with Crippen LogP contribution in [0.3, 0.4) is 0 Å². The Morgan fingerprint density at radius 3 is 2.30 bits per heavy atom. The zero-order chi connectivity index (χ0) is 7.82. The van der Waals surface area contributed by atoms with Crippen LogP contribution in [-0.4, -0.2) is 20.0 Å². The maximum atomic E-state index is 5.20. The largest absolute Gasteiger partial charge is 0.356 e. The Balaban J connectivity index is 0.000000371. The molecule has 0 bridgehead atoms. The second kappa shape index (κ2) is 7.03. The predicted octanol–water partition coefficient (Wildman–Crippen LogP) is 2.19. The zero-order valence-corrected chi connectivity index (χ0v) is 7.22. The van der Waals surface area contributed by atoms with Gasteiger partial charge in [-0.25, -0.2) is 0 Å². The second-order valence-corrected chi connectivity index (χ2v) is 2.03. The van der Waals surface area contributed by atoms with Crippen LogP contribution in [0.2, 0.25) is 0 Å². The molecule has 1 unspecified atom stereocenters. The van der Waals surface area contributed by atoms with Gasteiger partial charge in [-0.3, -0.25) is 0 Å². The molecule has 10 heavy (non-hydrogen) atoms. The van der Waals surface area contributed by atoms with E-state index in [1.807, 2.05) is 13.8 Å². The molecular weight excluding hydrogens is 128 g/mol. The van der Waals surface area contributed by atoms with Gasteiger partial charge in [-0.05, 0) is 19.3 Å². The lowest BCUT2D eigenvalue weighted by Gasteiger charge is -2.20. The second-order valence-electron chi connectivity index (χ2n) is 2.03. The lowest BCUT2D eigenvalue weighted by molar-refractivity contribution is -0.145. The summed E-state index contributed by atoms with van der Waals surface area (Å²) in [6, 6.07) is 0. The van der Waals surface area contributed by atoms with Crippen molar-refractivity contribution in [3.63, 3.8) is 0 Å². The van der Waals surface area contributed by atoms with Crippen molar-refractivity contribution in [1.29, 1.82) is 0 Å². The molecule has 1 aliphatic rings. The van der Waals surface area contributed by atoms with Crippen LogP contribution in [0.5, 0.6) is 0 Å². The monoisotopic (exact) mass is 146 g/mol. The van der Waals surface area contributed by atoms with Gasteiger partial charge in [0.1, 0.15) is 0 Å². The fraction of sp³-hybridized carbons (Fsp3) is 1.00. The van der Waals surface area contributed by atoms with E-state index in [4.69, 9.17) is 9.47 Å². The Morgan fingerprint density at radius 2 is 2.00 bits per heavy atom. The third kappa shape index (κ3) is 3.85. The van der Waals surface area contributed by atoms with E-state index in [0.717, 1.165) is 13.0 Å². The summed E-state index contributed by atoms with van der Waals surface area (Å²) in [5.41, 5.74) is 0. The quantitative estimate of drug-likeness (QED) is 0.564. The Labute approximate surface area is 63.5 Å². The topological polar surface area (TPSA) is 18.5 Å². The molecule has 2 nitrogen and oxygen atoms in total. The molecule has 1 heterocycles. The standard InChI is InChI=1S/C6H12O2.C2H6/c1-7-6-4-2-3-5-8-6;1-2/h6H,2-5H2,1H3;1-2H3. The first-order valence-electron chi connectivity index (χ1n) is 4.08. The van der Waals surface area contributed by atoms with Gasteiger partial charge in [0.25, 0.3) is 0 Å². The molecule has 0 aliphatic carbocycles. The van der Waals surface area contributed by atoms with E-state index in [-0.39, 0.29) is 6.29 Å². The van der Waals surface area contributed by atoms with Crippen molar-refractivity contribution in [1.82, 2.24) is 0 Å². The molecule has 1 rings (SSSR count). The minimum atomic E-state index is 0.0868. The van der Waals surface area contributed by atoms with Crippen molar-refractivity contribution in [3.05, 3.63) is 0 Å². The van der Waals surface area contributed by atoms with E-state index in [2.05, 4.69) is 0 Å². The summed E-state index contributed by atoms with van der Waals surface area (Å²) in [5.74, 6) is 0. The van der Waals surface area contributed by atoms with Gasteiger partial charge in [0.05, 0.1) is 0 Å². The predicted molar refractivity (Wildman–Crippen MR) is 41.9 cm³/mol.